The van der Waals surface area contributed by atoms with Gasteiger partial charge in [0.15, 0.2) is 0 Å². The molecule has 1 fully saturated rings. The van der Waals surface area contributed by atoms with Gasteiger partial charge in [0.2, 0.25) is 0 Å². The summed E-state index contributed by atoms with van der Waals surface area (Å²) in [6.07, 6.45) is 3.99. The summed E-state index contributed by atoms with van der Waals surface area (Å²) in [6.45, 7) is 9.09. The van der Waals surface area contributed by atoms with Crippen LogP contribution in [0.1, 0.15) is 12.8 Å². The molecule has 2 radical (unpaired) electrons. The molecule has 1 rings (SSSR count). The second-order valence-electron chi connectivity index (χ2n) is 2.27. The van der Waals surface area contributed by atoms with E-state index in [0.29, 0.717) is 5.92 Å². The largest absolute Gasteiger partial charge is 0.316 e. The van der Waals surface area contributed by atoms with Crippen molar-refractivity contribution in [2.24, 2.45) is 5.92 Å². The molecule has 0 aromatic rings. The molecule has 1 N–H and O–H groups in total. The summed E-state index contributed by atoms with van der Waals surface area (Å²) < 4.78 is 0. The first-order chi connectivity index (χ1) is 3.93. The molecule has 0 saturated carbocycles. The van der Waals surface area contributed by atoms with Gasteiger partial charge in [0, 0.05) is 6.54 Å². The number of hydrogen-bond donors (Lipinski definition) is 1. The van der Waals surface area contributed by atoms with Crippen LogP contribution in [0.5, 0.6) is 0 Å². The Bertz CT molecular complexity index is 72.5. The zero-order valence-corrected chi connectivity index (χ0v) is 4.98. The van der Waals surface area contributed by atoms with Crippen LogP contribution in [0.4, 0.5) is 0 Å². The average Bonchev–Trinajstić information content (AvgIpc) is 1.90. The molecule has 1 heterocycles. The van der Waals surface area contributed by atoms with Crippen LogP contribution in [0.2, 0.25) is 0 Å². The monoisotopic (exact) mass is 109 g/mol. The van der Waals surface area contributed by atoms with Crippen LogP contribution in [0.3, 0.4) is 0 Å². The number of nitrogens with one attached hydrogen (secondary N) is 1. The van der Waals surface area contributed by atoms with Crippen molar-refractivity contribution < 1.29 is 0 Å². The van der Waals surface area contributed by atoms with Gasteiger partial charge in [-0.05, 0) is 31.9 Å². The molecule has 0 aromatic heterocycles. The highest BCUT2D eigenvalue weighted by Crippen LogP contribution is 2.08. The second kappa shape index (κ2) is 2.88. The summed E-state index contributed by atoms with van der Waals surface area (Å²) in [6, 6.07) is 0. The maximum Gasteiger partial charge on any atom is 0.00145 e. The Morgan fingerprint density at radius 3 is 2.88 bits per heavy atom. The lowest BCUT2D eigenvalue weighted by Crippen LogP contribution is -2.28. The lowest BCUT2D eigenvalue weighted by molar-refractivity contribution is 0.438. The van der Waals surface area contributed by atoms with Crippen LogP contribution in [0.25, 0.3) is 0 Å². The fourth-order valence-corrected chi connectivity index (χ4v) is 1.02. The van der Waals surface area contributed by atoms with E-state index in [1.807, 2.05) is 0 Å². The maximum absolute atomic E-state index is 6.93. The van der Waals surface area contributed by atoms with Crippen LogP contribution in [-0.4, -0.2) is 13.1 Å². The minimum atomic E-state index is 0.517. The Hall–Kier alpha value is -0.300. The molecular weight excluding hydrogens is 98.1 g/mol. The summed E-state index contributed by atoms with van der Waals surface area (Å²) >= 11 is 0. The van der Waals surface area contributed by atoms with Crippen molar-refractivity contribution >= 4 is 0 Å². The zero-order valence-electron chi connectivity index (χ0n) is 4.98. The Morgan fingerprint density at radius 1 is 1.62 bits per heavy atom. The van der Waals surface area contributed by atoms with Crippen molar-refractivity contribution in [1.29, 1.82) is 0 Å². The maximum atomic E-state index is 6.93. The fraction of sp³-hybridized carbons (Fsp3) is 0.714. The van der Waals surface area contributed by atoms with Crippen molar-refractivity contribution in [1.82, 2.24) is 5.32 Å². The van der Waals surface area contributed by atoms with Crippen molar-refractivity contribution in [3.8, 4) is 0 Å². The van der Waals surface area contributed by atoms with E-state index in [1.165, 1.54) is 12.8 Å². The summed E-state index contributed by atoms with van der Waals surface area (Å²) in [4.78, 5) is 0. The molecule has 1 aliphatic heterocycles. The third kappa shape index (κ3) is 1.34. The molecule has 0 bridgehead atoms. The molecule has 1 heteroatoms. The smallest absolute Gasteiger partial charge is 0.00145 e. The Morgan fingerprint density at radius 2 is 2.50 bits per heavy atom. The van der Waals surface area contributed by atoms with Crippen LogP contribution in [0.15, 0.2) is 6.08 Å². The van der Waals surface area contributed by atoms with E-state index >= 15 is 0 Å². The van der Waals surface area contributed by atoms with Gasteiger partial charge >= 0.3 is 0 Å². The standard InChI is InChI=1S/C7H11N/c1-2-7-4-3-5-8-6-7/h2,7-8H,3-6H2. The van der Waals surface area contributed by atoms with Gasteiger partial charge in [-0.3, -0.25) is 0 Å². The molecule has 1 atom stereocenters. The molecule has 8 heavy (non-hydrogen) atoms. The van der Waals surface area contributed by atoms with E-state index in [0.717, 1.165) is 13.1 Å². The number of rotatable bonds is 1. The SMILES string of the molecule is [C]=CC1CCCNC1. The van der Waals surface area contributed by atoms with Gasteiger partial charge in [-0.15, -0.1) is 0 Å². The summed E-state index contributed by atoms with van der Waals surface area (Å²) in [5.41, 5.74) is 0. The van der Waals surface area contributed by atoms with Gasteiger partial charge in [-0.25, -0.2) is 0 Å². The summed E-state index contributed by atoms with van der Waals surface area (Å²) in [5.74, 6) is 0.517. The van der Waals surface area contributed by atoms with Crippen molar-refractivity contribution in [3.05, 3.63) is 12.7 Å². The highest BCUT2D eigenvalue weighted by Gasteiger charge is 2.07. The van der Waals surface area contributed by atoms with Gasteiger partial charge in [-0.2, -0.15) is 0 Å². The van der Waals surface area contributed by atoms with E-state index < -0.39 is 0 Å². The summed E-state index contributed by atoms with van der Waals surface area (Å²) in [7, 11) is 0. The first-order valence-corrected chi connectivity index (χ1v) is 3.15. The lowest BCUT2D eigenvalue weighted by atomic mass is 10.0. The normalized spacial score (nSPS) is 29.8. The molecule has 0 aliphatic carbocycles. The minimum absolute atomic E-state index is 0.517. The van der Waals surface area contributed by atoms with Crippen molar-refractivity contribution in [2.45, 2.75) is 12.8 Å². The topological polar surface area (TPSA) is 12.0 Å². The molecule has 1 nitrogen and oxygen atoms in total. The molecule has 0 spiro atoms. The van der Waals surface area contributed by atoms with E-state index in [4.69, 9.17) is 6.58 Å². The number of hydrogen-bond acceptors (Lipinski definition) is 1. The number of piperidine rings is 1. The fourth-order valence-electron chi connectivity index (χ4n) is 1.02. The van der Waals surface area contributed by atoms with Gasteiger partial charge in [0.05, 0.1) is 0 Å². The van der Waals surface area contributed by atoms with Crippen molar-refractivity contribution in [2.75, 3.05) is 13.1 Å². The van der Waals surface area contributed by atoms with E-state index in [-0.39, 0.29) is 0 Å². The highest BCUT2D eigenvalue weighted by molar-refractivity contribution is 4.81. The van der Waals surface area contributed by atoms with Crippen LogP contribution >= 0.6 is 0 Å². The van der Waals surface area contributed by atoms with Crippen LogP contribution < -0.4 is 5.32 Å². The molecule has 1 unspecified atom stereocenters. The summed E-state index contributed by atoms with van der Waals surface area (Å²) in [5, 5.41) is 3.23. The first kappa shape index (κ1) is 5.83. The molecular formula is C7H11N. The highest BCUT2D eigenvalue weighted by atomic mass is 14.9. The predicted octanol–water partition coefficient (Wildman–Crippen LogP) is 0.852. The van der Waals surface area contributed by atoms with Gasteiger partial charge in [0.1, 0.15) is 0 Å². The Labute approximate surface area is 50.8 Å². The minimum Gasteiger partial charge on any atom is -0.316 e. The quantitative estimate of drug-likeness (QED) is 0.526. The Balaban J connectivity index is 2.22. The predicted molar refractivity (Wildman–Crippen MR) is 33.4 cm³/mol. The Kier molecular flexibility index (Phi) is 2.10. The molecule has 1 aliphatic rings. The first-order valence-electron chi connectivity index (χ1n) is 3.15. The van der Waals surface area contributed by atoms with E-state index in [1.54, 1.807) is 6.08 Å². The lowest BCUT2D eigenvalue weighted by Gasteiger charge is -2.18. The van der Waals surface area contributed by atoms with Crippen LogP contribution in [-0.2, 0) is 0 Å². The van der Waals surface area contributed by atoms with Crippen molar-refractivity contribution in [3.63, 3.8) is 0 Å². The average molecular weight is 109 g/mol. The van der Waals surface area contributed by atoms with Crippen LogP contribution in [0, 0.1) is 12.5 Å². The third-order valence-corrected chi connectivity index (χ3v) is 1.57. The van der Waals surface area contributed by atoms with Gasteiger partial charge < -0.3 is 5.32 Å². The van der Waals surface area contributed by atoms with E-state index in [9.17, 15) is 0 Å². The van der Waals surface area contributed by atoms with Gasteiger partial charge in [-0.1, -0.05) is 6.08 Å². The third-order valence-electron chi connectivity index (χ3n) is 1.57. The molecule has 0 aromatic carbocycles. The molecule has 0 amide bonds. The molecule has 1 saturated heterocycles. The molecule has 44 valence electrons. The zero-order chi connectivity index (χ0) is 5.82. The van der Waals surface area contributed by atoms with Gasteiger partial charge in [0.25, 0.3) is 0 Å². The van der Waals surface area contributed by atoms with E-state index in [2.05, 4.69) is 5.32 Å². The second-order valence-corrected chi connectivity index (χ2v) is 2.27.